The van der Waals surface area contributed by atoms with Gasteiger partial charge in [-0.15, -0.1) is 0 Å². The zero-order valence-electron chi connectivity index (χ0n) is 17.8. The number of carbonyl (C=O) groups excluding carboxylic acids is 3. The fraction of sp³-hybridized carbons (Fsp3) is 0.375. The molecule has 4 N–H and O–H groups in total. The molecular formula is C24H26N2O5. The van der Waals surface area contributed by atoms with Crippen molar-refractivity contribution >= 4 is 23.2 Å². The van der Waals surface area contributed by atoms with Crippen molar-refractivity contribution in [1.82, 2.24) is 5.32 Å². The third-order valence-electron chi connectivity index (χ3n) is 6.18. The van der Waals surface area contributed by atoms with E-state index in [4.69, 9.17) is 10.5 Å². The fourth-order valence-corrected chi connectivity index (χ4v) is 4.44. The van der Waals surface area contributed by atoms with Crippen LogP contribution < -0.4 is 15.8 Å². The van der Waals surface area contributed by atoms with Gasteiger partial charge in [0.15, 0.2) is 0 Å². The van der Waals surface area contributed by atoms with Crippen molar-refractivity contribution in [2.45, 2.75) is 57.3 Å². The number of benzene rings is 2. The lowest BCUT2D eigenvalue weighted by molar-refractivity contribution is -0.176. The topological polar surface area (TPSA) is 119 Å². The largest absolute Gasteiger partial charge is 0.454 e. The minimum absolute atomic E-state index is 0.0557. The number of ketones is 2. The maximum Gasteiger partial charge on any atom is 0.288 e. The van der Waals surface area contributed by atoms with Crippen molar-refractivity contribution in [1.29, 1.82) is 0 Å². The van der Waals surface area contributed by atoms with Crippen molar-refractivity contribution < 1.29 is 24.2 Å². The van der Waals surface area contributed by atoms with Crippen molar-refractivity contribution in [3.63, 3.8) is 0 Å². The zero-order valence-corrected chi connectivity index (χ0v) is 17.8. The van der Waals surface area contributed by atoms with Crippen molar-refractivity contribution in [2.24, 2.45) is 0 Å². The molecule has 2 atom stereocenters. The SMILES string of the molecule is CCCCC(=O)C(=O)NC12C(=O)c3c(N)cccc3C1(O)Oc1cc(C(C)C)ccc12. The van der Waals surface area contributed by atoms with Gasteiger partial charge in [-0.3, -0.25) is 14.4 Å². The Morgan fingerprint density at radius 2 is 1.94 bits per heavy atom. The van der Waals surface area contributed by atoms with Crippen LogP contribution in [-0.4, -0.2) is 22.6 Å². The number of aliphatic hydroxyl groups is 1. The van der Waals surface area contributed by atoms with Gasteiger partial charge >= 0.3 is 0 Å². The molecule has 2 unspecified atom stereocenters. The smallest absolute Gasteiger partial charge is 0.288 e. The number of ether oxygens (including phenoxy) is 1. The third kappa shape index (κ3) is 2.80. The average Bonchev–Trinajstić information content (AvgIpc) is 3.09. The average molecular weight is 422 g/mol. The highest BCUT2D eigenvalue weighted by molar-refractivity contribution is 6.37. The van der Waals surface area contributed by atoms with E-state index in [2.05, 4.69) is 5.32 Å². The second kappa shape index (κ2) is 7.20. The number of amides is 1. The van der Waals surface area contributed by atoms with E-state index < -0.39 is 28.8 Å². The summed E-state index contributed by atoms with van der Waals surface area (Å²) in [5, 5.41) is 14.3. The van der Waals surface area contributed by atoms with Crippen LogP contribution in [0.5, 0.6) is 5.75 Å². The molecule has 1 aliphatic carbocycles. The number of rotatable bonds is 6. The summed E-state index contributed by atoms with van der Waals surface area (Å²) in [5.41, 5.74) is 5.74. The van der Waals surface area contributed by atoms with Crippen LogP contribution in [0, 0.1) is 0 Å². The molecule has 0 saturated carbocycles. The Bertz CT molecular complexity index is 1110. The van der Waals surface area contributed by atoms with Crippen LogP contribution in [0.15, 0.2) is 36.4 Å². The quantitative estimate of drug-likeness (QED) is 0.487. The van der Waals surface area contributed by atoms with Crippen LogP contribution in [0.2, 0.25) is 0 Å². The standard InChI is InChI=1S/C24H26N2O5/c1-4-5-9-18(27)22(29)26-23-15-11-10-14(13(2)3)12-19(15)31-24(23,30)16-7-6-8-17(25)20(16)21(23)28/h6-8,10-13,30H,4-5,9,25H2,1-3H3,(H,26,29). The number of hydrogen-bond donors (Lipinski definition) is 3. The van der Waals surface area contributed by atoms with Gasteiger partial charge < -0.3 is 20.9 Å². The first-order chi connectivity index (χ1) is 14.7. The molecule has 1 aliphatic heterocycles. The highest BCUT2D eigenvalue weighted by Crippen LogP contribution is 2.59. The molecule has 0 radical (unpaired) electrons. The number of nitrogen functional groups attached to an aromatic ring is 1. The summed E-state index contributed by atoms with van der Waals surface area (Å²) < 4.78 is 5.98. The van der Waals surface area contributed by atoms with E-state index in [1.807, 2.05) is 26.8 Å². The molecule has 0 saturated heterocycles. The summed E-state index contributed by atoms with van der Waals surface area (Å²) in [6.45, 7) is 5.94. The maximum atomic E-state index is 13.7. The Kier molecular flexibility index (Phi) is 4.89. The number of nitrogens with one attached hydrogen (secondary N) is 1. The molecule has 162 valence electrons. The van der Waals surface area contributed by atoms with E-state index in [0.29, 0.717) is 12.0 Å². The Morgan fingerprint density at radius 3 is 2.61 bits per heavy atom. The highest BCUT2D eigenvalue weighted by atomic mass is 16.6. The predicted octanol–water partition coefficient (Wildman–Crippen LogP) is 2.90. The maximum absolute atomic E-state index is 13.7. The summed E-state index contributed by atoms with van der Waals surface area (Å²) in [7, 11) is 0. The van der Waals surface area contributed by atoms with E-state index in [0.717, 1.165) is 12.0 Å². The van der Waals surface area contributed by atoms with Crippen LogP contribution >= 0.6 is 0 Å². The van der Waals surface area contributed by atoms with Crippen molar-refractivity contribution in [2.75, 3.05) is 5.73 Å². The van der Waals surface area contributed by atoms with Crippen LogP contribution in [0.25, 0.3) is 0 Å². The van der Waals surface area contributed by atoms with Gasteiger partial charge in [0.2, 0.25) is 17.1 Å². The molecule has 4 rings (SSSR count). The lowest BCUT2D eigenvalue weighted by atomic mass is 9.82. The predicted molar refractivity (Wildman–Crippen MR) is 115 cm³/mol. The molecule has 2 aromatic rings. The highest BCUT2D eigenvalue weighted by Gasteiger charge is 2.72. The number of hydrogen-bond acceptors (Lipinski definition) is 6. The second-order valence-corrected chi connectivity index (χ2v) is 8.49. The fourth-order valence-electron chi connectivity index (χ4n) is 4.44. The molecular weight excluding hydrogens is 396 g/mol. The van der Waals surface area contributed by atoms with E-state index in [1.165, 1.54) is 0 Å². The first-order valence-electron chi connectivity index (χ1n) is 10.5. The molecule has 7 nitrogen and oxygen atoms in total. The molecule has 0 bridgehead atoms. The van der Waals surface area contributed by atoms with Gasteiger partial charge in [-0.05, 0) is 30.0 Å². The lowest BCUT2D eigenvalue weighted by Gasteiger charge is -2.34. The van der Waals surface area contributed by atoms with Gasteiger partial charge in [0.25, 0.3) is 11.7 Å². The van der Waals surface area contributed by atoms with Gasteiger partial charge in [0.1, 0.15) is 5.75 Å². The number of carbonyl (C=O) groups is 3. The van der Waals surface area contributed by atoms with Crippen molar-refractivity contribution in [3.8, 4) is 5.75 Å². The van der Waals surface area contributed by atoms with Crippen LogP contribution in [0.4, 0.5) is 5.69 Å². The van der Waals surface area contributed by atoms with E-state index >= 15 is 0 Å². The summed E-state index contributed by atoms with van der Waals surface area (Å²) in [6, 6.07) is 9.94. The molecule has 0 spiro atoms. The number of nitrogens with two attached hydrogens (primary N) is 1. The van der Waals surface area contributed by atoms with Crippen molar-refractivity contribution in [3.05, 3.63) is 58.7 Å². The Labute approximate surface area is 180 Å². The minimum Gasteiger partial charge on any atom is -0.454 e. The summed E-state index contributed by atoms with van der Waals surface area (Å²) in [5.74, 6) is -3.93. The Hall–Kier alpha value is -3.19. The van der Waals surface area contributed by atoms with E-state index in [-0.39, 0.29) is 34.9 Å². The van der Waals surface area contributed by atoms with Gasteiger partial charge in [-0.2, -0.15) is 0 Å². The first kappa shape index (κ1) is 21.1. The Balaban J connectivity index is 1.90. The number of fused-ring (bicyclic) bond motifs is 5. The molecule has 31 heavy (non-hydrogen) atoms. The minimum atomic E-state index is -2.21. The molecule has 0 fully saturated rings. The molecule has 2 aliphatic rings. The molecule has 1 heterocycles. The number of anilines is 1. The van der Waals surface area contributed by atoms with Crippen LogP contribution in [-0.2, 0) is 20.9 Å². The monoisotopic (exact) mass is 422 g/mol. The van der Waals surface area contributed by atoms with Gasteiger partial charge in [-0.1, -0.05) is 51.5 Å². The lowest BCUT2D eigenvalue weighted by Crippen LogP contribution is -2.61. The normalized spacial score (nSPS) is 23.2. The molecule has 7 heteroatoms. The van der Waals surface area contributed by atoms with E-state index in [9.17, 15) is 19.5 Å². The van der Waals surface area contributed by atoms with Gasteiger partial charge in [0, 0.05) is 23.2 Å². The second-order valence-electron chi connectivity index (χ2n) is 8.49. The van der Waals surface area contributed by atoms with Crippen LogP contribution in [0.1, 0.15) is 73.0 Å². The molecule has 1 amide bonds. The number of unbranched alkanes of at least 4 members (excludes halogenated alkanes) is 1. The summed E-state index contributed by atoms with van der Waals surface area (Å²) in [6.07, 6.45) is 1.36. The van der Waals surface area contributed by atoms with Gasteiger partial charge in [-0.25, -0.2) is 0 Å². The molecule has 2 aromatic carbocycles. The summed E-state index contributed by atoms with van der Waals surface area (Å²) >= 11 is 0. The zero-order chi connectivity index (χ0) is 22.6. The first-order valence-corrected chi connectivity index (χ1v) is 10.5. The third-order valence-corrected chi connectivity index (χ3v) is 6.18. The van der Waals surface area contributed by atoms with Crippen LogP contribution in [0.3, 0.4) is 0 Å². The summed E-state index contributed by atoms with van der Waals surface area (Å²) in [4.78, 5) is 39.0. The van der Waals surface area contributed by atoms with E-state index in [1.54, 1.807) is 30.3 Å². The number of Topliss-reactive ketones (excluding diaryl/α,β-unsaturated/α-hetero) is 2. The van der Waals surface area contributed by atoms with Gasteiger partial charge in [0.05, 0.1) is 5.56 Å². The molecule has 0 aromatic heterocycles. The Morgan fingerprint density at radius 1 is 1.19 bits per heavy atom.